The Morgan fingerprint density at radius 3 is 2.32 bits per heavy atom. The molecule has 2 heterocycles. The summed E-state index contributed by atoms with van der Waals surface area (Å²) >= 11 is 0. The lowest BCUT2D eigenvalue weighted by Crippen LogP contribution is -2.60. The second kappa shape index (κ2) is 10.4. The van der Waals surface area contributed by atoms with Crippen molar-refractivity contribution < 1.29 is 64.0 Å². The van der Waals surface area contributed by atoms with Crippen molar-refractivity contribution in [2.24, 2.45) is 0 Å². The molecule has 1 aliphatic heterocycles. The summed E-state index contributed by atoms with van der Waals surface area (Å²) in [6.45, 7) is -0.677. The van der Waals surface area contributed by atoms with E-state index < -0.39 is 55.7 Å². The van der Waals surface area contributed by atoms with Crippen molar-refractivity contribution in [2.45, 2.75) is 37.1 Å². The van der Waals surface area contributed by atoms with Crippen LogP contribution in [0, 0.1) is 0 Å². The molecule has 196 valence electrons. The Bertz CT molecular complexity index is 1310. The summed E-state index contributed by atoms with van der Waals surface area (Å²) in [4.78, 5) is 22.1. The molecule has 5 atom stereocenters. The molecular formula is C24H22O13. The van der Waals surface area contributed by atoms with Gasteiger partial charge in [-0.2, -0.15) is 0 Å². The number of fused-ring (bicyclic) bond motifs is 1. The van der Waals surface area contributed by atoms with Gasteiger partial charge in [0.25, 0.3) is 0 Å². The molecular weight excluding hydrogens is 496 g/mol. The van der Waals surface area contributed by atoms with E-state index in [2.05, 4.69) is 0 Å². The molecule has 1 aromatic heterocycles. The minimum absolute atomic E-state index is 0.0193. The third kappa shape index (κ3) is 5.65. The lowest BCUT2D eigenvalue weighted by Gasteiger charge is -2.39. The van der Waals surface area contributed by atoms with Crippen LogP contribution in [0.5, 0.6) is 23.0 Å². The number of aromatic hydroxyl groups is 3. The van der Waals surface area contributed by atoms with Crippen LogP contribution in [-0.4, -0.2) is 79.9 Å². The number of aliphatic hydroxyl groups excluding tert-OH is 3. The topological polar surface area (TPSA) is 218 Å². The summed E-state index contributed by atoms with van der Waals surface area (Å²) in [5.74, 6) is -3.62. The number of carbonyl (C=O) groups excluding carboxylic acids is 2. The highest BCUT2D eigenvalue weighted by Gasteiger charge is 2.46. The summed E-state index contributed by atoms with van der Waals surface area (Å²) in [6.07, 6.45) is -9.47. The van der Waals surface area contributed by atoms with Gasteiger partial charge in [0.1, 0.15) is 53.7 Å². The summed E-state index contributed by atoms with van der Waals surface area (Å²) < 4.78 is 21.9. The number of phenolic OH excluding ortho intramolecular Hbond substituents is 3. The Morgan fingerprint density at radius 2 is 1.65 bits per heavy atom. The van der Waals surface area contributed by atoms with E-state index in [0.29, 0.717) is 5.56 Å². The zero-order valence-electron chi connectivity index (χ0n) is 18.9. The maximum Gasteiger partial charge on any atom is 0.402 e. The first-order valence-electron chi connectivity index (χ1n) is 10.9. The number of carboxylic acid groups (broad SMARTS) is 1. The van der Waals surface area contributed by atoms with Gasteiger partial charge in [-0.15, -0.1) is 0 Å². The van der Waals surface area contributed by atoms with E-state index in [1.54, 1.807) is 0 Å². The Labute approximate surface area is 207 Å². The first-order chi connectivity index (χ1) is 17.5. The predicted molar refractivity (Wildman–Crippen MR) is 119 cm³/mol. The largest absolute Gasteiger partial charge is 0.550 e. The second-order valence-electron chi connectivity index (χ2n) is 8.23. The molecule has 0 unspecified atom stereocenters. The van der Waals surface area contributed by atoms with Crippen molar-refractivity contribution in [3.8, 4) is 34.3 Å². The number of rotatable bonds is 7. The van der Waals surface area contributed by atoms with E-state index in [9.17, 15) is 45.3 Å². The molecule has 0 amide bonds. The lowest BCUT2D eigenvalue weighted by molar-refractivity contribution is -0.305. The van der Waals surface area contributed by atoms with Gasteiger partial charge < -0.3 is 54.8 Å². The molecule has 13 heteroatoms. The first-order valence-corrected chi connectivity index (χ1v) is 10.9. The maximum atomic E-state index is 11.5. The molecule has 4 rings (SSSR count). The Morgan fingerprint density at radius 1 is 0.946 bits per heavy atom. The number of aliphatic hydroxyl groups is 3. The molecule has 1 fully saturated rings. The van der Waals surface area contributed by atoms with Gasteiger partial charge in [0, 0.05) is 12.1 Å². The highest BCUT2D eigenvalue weighted by molar-refractivity contribution is 5.89. The summed E-state index contributed by atoms with van der Waals surface area (Å²) in [6, 6.07) is 9.30. The minimum Gasteiger partial charge on any atom is -0.550 e. The number of hydrogen-bond acceptors (Lipinski definition) is 12. The van der Waals surface area contributed by atoms with Crippen LogP contribution in [0.2, 0.25) is 0 Å². The molecule has 0 saturated carbocycles. The lowest BCUT2D eigenvalue weighted by atomic mass is 9.99. The van der Waals surface area contributed by atoms with Gasteiger partial charge in [0.2, 0.25) is 12.0 Å². The molecule has 1 saturated heterocycles. The number of carboxylic acids is 1. The molecule has 6 N–H and O–H groups in total. The maximum absolute atomic E-state index is 11.5. The summed E-state index contributed by atoms with van der Waals surface area (Å²) in [5.41, 5.74) is 0.433. The first kappa shape index (κ1) is 25.9. The van der Waals surface area contributed by atoms with Crippen molar-refractivity contribution in [2.75, 3.05) is 6.61 Å². The van der Waals surface area contributed by atoms with Crippen LogP contribution in [0.15, 0.2) is 46.9 Å². The number of ether oxygens (including phenoxy) is 3. The fourth-order valence-corrected chi connectivity index (χ4v) is 3.71. The number of hydrogen-bond donors (Lipinski definition) is 6. The van der Waals surface area contributed by atoms with Gasteiger partial charge in [-0.1, -0.05) is 0 Å². The van der Waals surface area contributed by atoms with Crippen molar-refractivity contribution >= 4 is 22.9 Å². The van der Waals surface area contributed by atoms with Crippen molar-refractivity contribution in [3.05, 3.63) is 42.5 Å². The monoisotopic (exact) mass is 518 g/mol. The van der Waals surface area contributed by atoms with E-state index in [0.717, 1.165) is 6.07 Å². The van der Waals surface area contributed by atoms with Crippen LogP contribution in [-0.2, 0) is 19.1 Å². The van der Waals surface area contributed by atoms with Crippen molar-refractivity contribution in [1.82, 2.24) is 0 Å². The zero-order valence-corrected chi connectivity index (χ0v) is 18.9. The fraction of sp³-hybridized carbons (Fsp3) is 0.292. The van der Waals surface area contributed by atoms with E-state index >= 15 is 0 Å². The van der Waals surface area contributed by atoms with Crippen molar-refractivity contribution in [1.29, 1.82) is 0 Å². The van der Waals surface area contributed by atoms with E-state index in [1.165, 1.54) is 36.4 Å². The number of benzene rings is 2. The Balaban J connectivity index is 1.67. The van der Waals surface area contributed by atoms with Crippen LogP contribution in [0.3, 0.4) is 0 Å². The van der Waals surface area contributed by atoms with Crippen LogP contribution in [0.25, 0.3) is 22.3 Å². The smallest absolute Gasteiger partial charge is 0.402 e. The van der Waals surface area contributed by atoms with Crippen LogP contribution in [0.4, 0.5) is 0 Å². The van der Waals surface area contributed by atoms with Gasteiger partial charge in [-0.3, -0.25) is 4.79 Å². The standard InChI is InChI=1S/C24H22O13/c25-11-3-1-10(2-4-11)23-16(7-13-14(27)5-12(26)6-15(13)35-23)36-24-22(33)21(32)20(31)17(37-24)9-34-19(30)8-18(28)29/h1-7,17,20-22,24,31-33H,8-9H2,(H3-,25,26,27,28,29)/t17-,20-,21+,22-,24-/m1/s1. The van der Waals surface area contributed by atoms with E-state index in [4.69, 9.17) is 18.6 Å². The van der Waals surface area contributed by atoms with Crippen LogP contribution >= 0.6 is 0 Å². The molecule has 3 aromatic rings. The molecule has 0 spiro atoms. The number of aliphatic carboxylic acids is 1. The third-order valence-corrected chi connectivity index (χ3v) is 5.55. The van der Waals surface area contributed by atoms with E-state index in [1.807, 2.05) is 0 Å². The van der Waals surface area contributed by atoms with Gasteiger partial charge in [0.05, 0.1) is 24.0 Å². The van der Waals surface area contributed by atoms with Crippen molar-refractivity contribution in [3.63, 3.8) is 0 Å². The number of carbonyl (C=O) groups is 2. The summed E-state index contributed by atoms with van der Waals surface area (Å²) in [7, 11) is 0. The highest BCUT2D eigenvalue weighted by atomic mass is 16.7. The van der Waals surface area contributed by atoms with Gasteiger partial charge in [-0.05, 0) is 24.3 Å². The SMILES string of the molecule is O=C([O-])CC(=O)OC[C@H]1O[C@@H](Oc2cc3c(O)cc(O)cc3[o+]c2-c2ccc(O)cc2)[C@H](O)[C@@H](O)[C@@H]1O. The minimum atomic E-state index is -1.82. The molecule has 0 aliphatic carbocycles. The van der Waals surface area contributed by atoms with Gasteiger partial charge in [0.15, 0.2) is 0 Å². The quantitative estimate of drug-likeness (QED) is 0.131. The normalized spacial score (nSPS) is 23.5. The molecule has 0 radical (unpaired) electrons. The van der Waals surface area contributed by atoms with Gasteiger partial charge >= 0.3 is 17.3 Å². The molecule has 13 nitrogen and oxygen atoms in total. The fourth-order valence-electron chi connectivity index (χ4n) is 3.71. The highest BCUT2D eigenvalue weighted by Crippen LogP contribution is 2.40. The zero-order chi connectivity index (χ0) is 26.9. The third-order valence-electron chi connectivity index (χ3n) is 5.55. The molecule has 37 heavy (non-hydrogen) atoms. The Kier molecular flexibility index (Phi) is 7.31. The molecule has 0 bridgehead atoms. The van der Waals surface area contributed by atoms with Crippen LogP contribution in [0.1, 0.15) is 6.42 Å². The number of phenols is 3. The second-order valence-corrected chi connectivity index (χ2v) is 8.23. The average Bonchev–Trinajstić information content (AvgIpc) is 2.83. The van der Waals surface area contributed by atoms with Crippen LogP contribution < -0.4 is 9.84 Å². The summed E-state index contributed by atoms with van der Waals surface area (Å²) in [5, 5.41) is 71.4. The average molecular weight is 518 g/mol. The van der Waals surface area contributed by atoms with Gasteiger partial charge in [-0.25, -0.2) is 4.42 Å². The van der Waals surface area contributed by atoms with E-state index in [-0.39, 0.29) is 39.7 Å². The molecule has 2 aromatic carbocycles. The number of esters is 1. The predicted octanol–water partition coefficient (Wildman–Crippen LogP) is -0.633. The molecule has 1 aliphatic rings. The Hall–Kier alpha value is -4.17.